The van der Waals surface area contributed by atoms with Crippen LogP contribution < -0.4 is 31.4 Å². The first-order chi connectivity index (χ1) is 14.3. The standard InChI is InChI=1S/C19H21N7O4/c1-11(7-9-27)26(21)19-23-17(15(16(20)28)18(24-19)30-2)22-13-5-6-14-12(10-13)4-3-8-25(14)29/h3-6,8-11H,7,21H2,1-2H3,(H2,20,28)(H,22,23,24). The molecule has 3 rings (SSSR count). The van der Waals surface area contributed by atoms with Crippen LogP contribution in [0, 0.1) is 5.21 Å². The highest BCUT2D eigenvalue weighted by Gasteiger charge is 2.23. The highest BCUT2D eigenvalue weighted by molar-refractivity contribution is 6.01. The Morgan fingerprint density at radius 3 is 2.83 bits per heavy atom. The normalized spacial score (nSPS) is 11.7. The smallest absolute Gasteiger partial charge is 0.258 e. The Balaban J connectivity index is 2.08. The third-order valence-electron chi connectivity index (χ3n) is 4.47. The predicted octanol–water partition coefficient (Wildman–Crippen LogP) is 0.772. The van der Waals surface area contributed by atoms with Gasteiger partial charge in [-0.05, 0) is 25.1 Å². The van der Waals surface area contributed by atoms with Gasteiger partial charge in [0.2, 0.25) is 17.3 Å². The lowest BCUT2D eigenvalue weighted by Crippen LogP contribution is -2.41. The van der Waals surface area contributed by atoms with E-state index in [0.29, 0.717) is 16.6 Å². The molecular formula is C19H21N7O4. The summed E-state index contributed by atoms with van der Waals surface area (Å²) in [6, 6.07) is 8.02. The number of nitrogens with zero attached hydrogens (tertiary/aromatic N) is 4. The molecule has 1 unspecified atom stereocenters. The molecule has 156 valence electrons. The molecule has 2 aromatic heterocycles. The second-order valence-corrected chi connectivity index (χ2v) is 6.51. The first-order valence-corrected chi connectivity index (χ1v) is 8.98. The summed E-state index contributed by atoms with van der Waals surface area (Å²) in [5.41, 5.74) is 6.48. The highest BCUT2D eigenvalue weighted by atomic mass is 16.5. The summed E-state index contributed by atoms with van der Waals surface area (Å²) < 4.78 is 5.96. The average molecular weight is 411 g/mol. The Hall–Kier alpha value is -3.99. The fraction of sp³-hybridized carbons (Fsp3) is 0.211. The topological polar surface area (TPSA) is 163 Å². The number of hydrazine groups is 1. The van der Waals surface area contributed by atoms with Crippen LogP contribution in [0.1, 0.15) is 23.7 Å². The summed E-state index contributed by atoms with van der Waals surface area (Å²) in [4.78, 5) is 31.3. The van der Waals surface area contributed by atoms with Crippen molar-refractivity contribution in [3.05, 3.63) is 47.3 Å². The van der Waals surface area contributed by atoms with Gasteiger partial charge in [-0.25, -0.2) is 5.84 Å². The van der Waals surface area contributed by atoms with Crippen molar-refractivity contribution in [2.75, 3.05) is 17.4 Å². The van der Waals surface area contributed by atoms with E-state index in [1.807, 2.05) is 0 Å². The van der Waals surface area contributed by atoms with E-state index in [2.05, 4.69) is 15.3 Å². The Morgan fingerprint density at radius 1 is 1.40 bits per heavy atom. The maximum absolute atomic E-state index is 12.1. The summed E-state index contributed by atoms with van der Waals surface area (Å²) in [5.74, 6) is 5.28. The lowest BCUT2D eigenvalue weighted by atomic mass is 10.2. The second-order valence-electron chi connectivity index (χ2n) is 6.51. The van der Waals surface area contributed by atoms with Gasteiger partial charge in [0.05, 0.1) is 13.2 Å². The van der Waals surface area contributed by atoms with Crippen LogP contribution >= 0.6 is 0 Å². The minimum Gasteiger partial charge on any atom is -0.618 e. The number of ether oxygens (including phenoxy) is 1. The molecule has 1 aromatic carbocycles. The van der Waals surface area contributed by atoms with Crippen molar-refractivity contribution in [1.82, 2.24) is 9.97 Å². The van der Waals surface area contributed by atoms with Crippen LogP contribution in [0.25, 0.3) is 10.9 Å². The van der Waals surface area contributed by atoms with Crippen molar-refractivity contribution >= 4 is 40.5 Å². The molecule has 3 aromatic rings. The largest absolute Gasteiger partial charge is 0.618 e. The average Bonchev–Trinajstić information content (AvgIpc) is 2.72. The first-order valence-electron chi connectivity index (χ1n) is 8.98. The van der Waals surface area contributed by atoms with E-state index in [1.165, 1.54) is 18.3 Å². The van der Waals surface area contributed by atoms with Crippen LogP contribution in [0.5, 0.6) is 5.88 Å². The van der Waals surface area contributed by atoms with Crippen LogP contribution in [0.3, 0.4) is 0 Å². The SMILES string of the molecule is COc1nc(N(N)C(C)CC=O)nc(Nc2ccc3c(ccc[n+]3[O-])c2)c1C(N)=O. The maximum Gasteiger partial charge on any atom is 0.258 e. The van der Waals surface area contributed by atoms with Crippen LogP contribution in [-0.4, -0.2) is 35.3 Å². The fourth-order valence-electron chi connectivity index (χ4n) is 2.86. The molecule has 11 heteroatoms. The zero-order valence-electron chi connectivity index (χ0n) is 16.4. The van der Waals surface area contributed by atoms with Crippen molar-refractivity contribution in [3.63, 3.8) is 0 Å². The quantitative estimate of drug-likeness (QED) is 0.160. The van der Waals surface area contributed by atoms with Crippen LogP contribution in [0.2, 0.25) is 0 Å². The number of hydrogen-bond donors (Lipinski definition) is 3. The number of anilines is 3. The van der Waals surface area contributed by atoms with E-state index in [1.54, 1.807) is 37.3 Å². The number of primary amides is 1. The number of pyridine rings is 1. The molecule has 0 aliphatic carbocycles. The highest BCUT2D eigenvalue weighted by Crippen LogP contribution is 2.29. The molecule has 1 atom stereocenters. The maximum atomic E-state index is 12.1. The number of carbonyl (C=O) groups excluding carboxylic acids is 2. The number of carbonyl (C=O) groups is 2. The molecule has 2 heterocycles. The molecular weight excluding hydrogens is 390 g/mol. The van der Waals surface area contributed by atoms with Crippen molar-refractivity contribution in [2.45, 2.75) is 19.4 Å². The lowest BCUT2D eigenvalue weighted by Gasteiger charge is -2.24. The fourth-order valence-corrected chi connectivity index (χ4v) is 2.86. The molecule has 1 amide bonds. The Morgan fingerprint density at radius 2 is 2.17 bits per heavy atom. The molecule has 0 fully saturated rings. The third-order valence-corrected chi connectivity index (χ3v) is 4.47. The number of amides is 1. The van der Waals surface area contributed by atoms with Gasteiger partial charge in [-0.15, -0.1) is 0 Å². The lowest BCUT2D eigenvalue weighted by molar-refractivity contribution is -0.577. The molecule has 0 saturated carbocycles. The number of hydrogen-bond acceptors (Lipinski definition) is 9. The van der Waals surface area contributed by atoms with Gasteiger partial charge >= 0.3 is 0 Å². The first kappa shape index (κ1) is 20.7. The molecule has 0 bridgehead atoms. The molecule has 30 heavy (non-hydrogen) atoms. The molecule has 0 aliphatic heterocycles. The number of benzene rings is 1. The summed E-state index contributed by atoms with van der Waals surface area (Å²) in [6.07, 6.45) is 2.29. The van der Waals surface area contributed by atoms with E-state index >= 15 is 0 Å². The minimum atomic E-state index is -0.802. The summed E-state index contributed by atoms with van der Waals surface area (Å²) in [5, 5.41) is 16.8. The third kappa shape index (κ3) is 4.05. The molecule has 0 radical (unpaired) electrons. The number of nitrogens with one attached hydrogen (secondary N) is 1. The van der Waals surface area contributed by atoms with Crippen molar-refractivity contribution in [2.24, 2.45) is 11.6 Å². The van der Waals surface area contributed by atoms with Gasteiger partial charge in [-0.3, -0.25) is 9.80 Å². The van der Waals surface area contributed by atoms with E-state index in [0.717, 1.165) is 11.0 Å². The van der Waals surface area contributed by atoms with Crippen LogP contribution in [0.15, 0.2) is 36.5 Å². The van der Waals surface area contributed by atoms with Gasteiger partial charge in [0, 0.05) is 29.6 Å². The van der Waals surface area contributed by atoms with Crippen molar-refractivity contribution in [1.29, 1.82) is 0 Å². The van der Waals surface area contributed by atoms with Crippen LogP contribution in [-0.2, 0) is 4.79 Å². The Bertz CT molecular complexity index is 1110. The second kappa shape index (κ2) is 8.57. The zero-order chi connectivity index (χ0) is 21.8. The van der Waals surface area contributed by atoms with Gasteiger partial charge in [0.25, 0.3) is 5.91 Å². The monoisotopic (exact) mass is 411 g/mol. The van der Waals surface area contributed by atoms with Gasteiger partial charge in [-0.1, -0.05) is 0 Å². The molecule has 5 N–H and O–H groups in total. The van der Waals surface area contributed by atoms with E-state index in [-0.39, 0.29) is 29.6 Å². The molecule has 11 nitrogen and oxygen atoms in total. The zero-order valence-corrected chi connectivity index (χ0v) is 16.4. The van der Waals surface area contributed by atoms with Gasteiger partial charge in [0.1, 0.15) is 11.8 Å². The summed E-state index contributed by atoms with van der Waals surface area (Å²) in [7, 11) is 1.33. The van der Waals surface area contributed by atoms with Gasteiger partial charge in [-0.2, -0.15) is 14.7 Å². The van der Waals surface area contributed by atoms with Gasteiger partial charge in [0.15, 0.2) is 12.0 Å². The van der Waals surface area contributed by atoms with Crippen LogP contribution in [0.4, 0.5) is 17.5 Å². The Kier molecular flexibility index (Phi) is 5.93. The predicted molar refractivity (Wildman–Crippen MR) is 110 cm³/mol. The Labute approximate surface area is 171 Å². The summed E-state index contributed by atoms with van der Waals surface area (Å²) in [6.45, 7) is 1.72. The molecule has 0 saturated heterocycles. The molecule has 0 aliphatic rings. The van der Waals surface area contributed by atoms with E-state index in [9.17, 15) is 14.8 Å². The van der Waals surface area contributed by atoms with Crippen molar-refractivity contribution in [3.8, 4) is 5.88 Å². The summed E-state index contributed by atoms with van der Waals surface area (Å²) >= 11 is 0. The van der Waals surface area contributed by atoms with E-state index < -0.39 is 11.9 Å². The van der Waals surface area contributed by atoms with Crippen molar-refractivity contribution < 1.29 is 19.1 Å². The molecule has 0 spiro atoms. The van der Waals surface area contributed by atoms with E-state index in [4.69, 9.17) is 16.3 Å². The number of aromatic nitrogens is 3. The number of fused-ring (bicyclic) bond motifs is 1. The number of nitrogens with two attached hydrogens (primary N) is 2. The number of aldehydes is 1. The number of rotatable bonds is 8. The van der Waals surface area contributed by atoms with Gasteiger partial charge < -0.3 is 25.8 Å². The minimum absolute atomic E-state index is 0.0342. The number of methoxy groups -OCH3 is 1.